The molecule has 5 heteroatoms. The molecule has 2 aliphatic rings. The summed E-state index contributed by atoms with van der Waals surface area (Å²) in [5.74, 6) is 1.31. The largest absolute Gasteiger partial charge is 0.281 e. The van der Waals surface area contributed by atoms with Crippen molar-refractivity contribution in [2.45, 2.75) is 64.5 Å². The van der Waals surface area contributed by atoms with Gasteiger partial charge in [-0.15, -0.1) is 0 Å². The van der Waals surface area contributed by atoms with Gasteiger partial charge in [-0.2, -0.15) is 17.0 Å². The van der Waals surface area contributed by atoms with Crippen molar-refractivity contribution in [1.29, 1.82) is 0 Å². The molecule has 0 bridgehead atoms. The quantitative estimate of drug-likeness (QED) is 0.780. The van der Waals surface area contributed by atoms with Crippen LogP contribution < -0.4 is 0 Å². The molecule has 0 radical (unpaired) electrons. The van der Waals surface area contributed by atoms with Crippen molar-refractivity contribution in [3.05, 3.63) is 0 Å². The van der Waals surface area contributed by atoms with E-state index in [9.17, 15) is 8.42 Å². The number of hydrogen-bond donors (Lipinski definition) is 0. The minimum atomic E-state index is -3.29. The summed E-state index contributed by atoms with van der Waals surface area (Å²) in [6, 6.07) is 0.324. The summed E-state index contributed by atoms with van der Waals surface area (Å²) in [6.07, 6.45) is 6.64. The van der Waals surface area contributed by atoms with Gasteiger partial charge in [-0.25, -0.2) is 0 Å². The summed E-state index contributed by atoms with van der Waals surface area (Å²) in [4.78, 5) is 0. The summed E-state index contributed by atoms with van der Waals surface area (Å²) in [6.45, 7) is 4.29. The van der Waals surface area contributed by atoms with Crippen LogP contribution in [0.15, 0.2) is 0 Å². The van der Waals surface area contributed by atoms with Crippen molar-refractivity contribution in [1.82, 2.24) is 8.61 Å². The van der Waals surface area contributed by atoms with Gasteiger partial charge in [0, 0.05) is 26.2 Å². The van der Waals surface area contributed by atoms with Crippen LogP contribution >= 0.6 is 0 Å². The van der Waals surface area contributed by atoms with E-state index in [2.05, 4.69) is 6.92 Å². The zero-order chi connectivity index (χ0) is 14.2. The molecule has 0 aromatic rings. The molecule has 4 nitrogen and oxygen atoms in total. The standard InChI is InChI=1S/C14H28N2O2S/c1-11-5-9-14(10-6-11)16(4)19(17,18)15(3)12(2)13-7-8-13/h11-14H,5-10H2,1-4H3/t11?,12-,14?/m1/s1. The molecule has 2 saturated carbocycles. The van der Waals surface area contributed by atoms with E-state index in [0.29, 0.717) is 5.92 Å². The van der Waals surface area contributed by atoms with Crippen molar-refractivity contribution in [3.8, 4) is 0 Å². The van der Waals surface area contributed by atoms with E-state index in [-0.39, 0.29) is 12.1 Å². The van der Waals surface area contributed by atoms with Gasteiger partial charge in [0.25, 0.3) is 10.2 Å². The van der Waals surface area contributed by atoms with E-state index in [1.807, 2.05) is 6.92 Å². The van der Waals surface area contributed by atoms with Gasteiger partial charge in [0.1, 0.15) is 0 Å². The van der Waals surface area contributed by atoms with Crippen molar-refractivity contribution in [2.75, 3.05) is 14.1 Å². The number of nitrogens with zero attached hydrogens (tertiary/aromatic N) is 2. The van der Waals surface area contributed by atoms with E-state index >= 15 is 0 Å². The van der Waals surface area contributed by atoms with Crippen LogP contribution in [0.2, 0.25) is 0 Å². The lowest BCUT2D eigenvalue weighted by Crippen LogP contribution is -2.49. The highest BCUT2D eigenvalue weighted by Gasteiger charge is 2.39. The second-order valence-corrected chi connectivity index (χ2v) is 8.58. The molecule has 0 aromatic heterocycles. The topological polar surface area (TPSA) is 40.6 Å². The molecule has 2 fully saturated rings. The molecule has 19 heavy (non-hydrogen) atoms. The molecule has 0 amide bonds. The molecular weight excluding hydrogens is 260 g/mol. The molecule has 1 atom stereocenters. The Bertz CT molecular complexity index is 398. The first kappa shape index (κ1) is 15.3. The van der Waals surface area contributed by atoms with E-state index in [1.54, 1.807) is 22.7 Å². The third kappa shape index (κ3) is 3.31. The minimum absolute atomic E-state index is 0.134. The fourth-order valence-corrected chi connectivity index (χ4v) is 4.67. The molecule has 0 heterocycles. The van der Waals surface area contributed by atoms with Crippen LogP contribution in [-0.2, 0) is 10.2 Å². The molecule has 0 aromatic carbocycles. The predicted molar refractivity (Wildman–Crippen MR) is 78.1 cm³/mol. The fourth-order valence-electron chi connectivity index (χ4n) is 3.08. The molecule has 2 rings (SSSR count). The predicted octanol–water partition coefficient (Wildman–Crippen LogP) is 2.47. The van der Waals surface area contributed by atoms with Gasteiger partial charge in [0.05, 0.1) is 0 Å². The molecule has 0 aliphatic heterocycles. The van der Waals surface area contributed by atoms with Gasteiger partial charge >= 0.3 is 0 Å². The third-order valence-electron chi connectivity index (χ3n) is 5.11. The van der Waals surface area contributed by atoms with Crippen molar-refractivity contribution in [3.63, 3.8) is 0 Å². The van der Waals surface area contributed by atoms with Gasteiger partial charge < -0.3 is 0 Å². The summed E-state index contributed by atoms with van der Waals surface area (Å²) in [7, 11) is 0.199. The van der Waals surface area contributed by atoms with Gasteiger partial charge in [-0.05, 0) is 57.3 Å². The Labute approximate surface area is 118 Å². The lowest BCUT2D eigenvalue weighted by molar-refractivity contribution is 0.227. The van der Waals surface area contributed by atoms with Crippen molar-refractivity contribution >= 4 is 10.2 Å². The lowest BCUT2D eigenvalue weighted by atomic mass is 9.87. The summed E-state index contributed by atoms with van der Waals surface area (Å²) < 4.78 is 28.5. The van der Waals surface area contributed by atoms with E-state index in [0.717, 1.165) is 31.6 Å². The zero-order valence-electron chi connectivity index (χ0n) is 12.7. The molecule has 0 N–H and O–H groups in total. The maximum Gasteiger partial charge on any atom is 0.281 e. The maximum atomic E-state index is 12.6. The van der Waals surface area contributed by atoms with Crippen molar-refractivity contribution in [2.24, 2.45) is 11.8 Å². The minimum Gasteiger partial charge on any atom is -0.195 e. The smallest absolute Gasteiger partial charge is 0.195 e. The Morgan fingerprint density at radius 3 is 2.00 bits per heavy atom. The SMILES string of the molecule is CC1CCC(N(C)S(=O)(=O)N(C)[C@H](C)C2CC2)CC1. The molecule has 112 valence electrons. The van der Waals surface area contributed by atoms with Gasteiger partial charge in [0.15, 0.2) is 0 Å². The van der Waals surface area contributed by atoms with E-state index in [4.69, 9.17) is 0 Å². The second kappa shape index (κ2) is 5.70. The molecular formula is C14H28N2O2S. The Morgan fingerprint density at radius 1 is 1.00 bits per heavy atom. The molecule has 0 spiro atoms. The Hall–Kier alpha value is -0.130. The van der Waals surface area contributed by atoms with Gasteiger partial charge in [-0.1, -0.05) is 6.92 Å². The highest BCUT2D eigenvalue weighted by atomic mass is 32.2. The van der Waals surface area contributed by atoms with Gasteiger partial charge in [0.2, 0.25) is 0 Å². The Morgan fingerprint density at radius 2 is 1.53 bits per heavy atom. The van der Waals surface area contributed by atoms with Crippen LogP contribution in [0.25, 0.3) is 0 Å². The van der Waals surface area contributed by atoms with Crippen LogP contribution in [0, 0.1) is 11.8 Å². The van der Waals surface area contributed by atoms with Gasteiger partial charge in [-0.3, -0.25) is 0 Å². The monoisotopic (exact) mass is 288 g/mol. The first-order chi connectivity index (χ1) is 8.84. The average molecular weight is 288 g/mol. The lowest BCUT2D eigenvalue weighted by Gasteiger charge is -2.36. The summed E-state index contributed by atoms with van der Waals surface area (Å²) in [5, 5.41) is 0. The van der Waals surface area contributed by atoms with Crippen LogP contribution in [0.3, 0.4) is 0 Å². The van der Waals surface area contributed by atoms with Crippen LogP contribution in [0.1, 0.15) is 52.4 Å². The van der Waals surface area contributed by atoms with E-state index < -0.39 is 10.2 Å². The molecule has 2 aliphatic carbocycles. The molecule has 0 unspecified atom stereocenters. The number of rotatable bonds is 5. The third-order valence-corrected chi connectivity index (χ3v) is 7.19. The zero-order valence-corrected chi connectivity index (χ0v) is 13.5. The van der Waals surface area contributed by atoms with Crippen molar-refractivity contribution < 1.29 is 8.42 Å². The Balaban J connectivity index is 2.01. The van der Waals surface area contributed by atoms with Crippen LogP contribution in [0.5, 0.6) is 0 Å². The second-order valence-electron chi connectivity index (χ2n) is 6.53. The van der Waals surface area contributed by atoms with Crippen LogP contribution in [0.4, 0.5) is 0 Å². The first-order valence-corrected chi connectivity index (χ1v) is 8.94. The molecule has 0 saturated heterocycles. The van der Waals surface area contributed by atoms with Crippen LogP contribution in [-0.4, -0.2) is 43.2 Å². The first-order valence-electron chi connectivity index (χ1n) is 7.55. The maximum absolute atomic E-state index is 12.6. The highest BCUT2D eigenvalue weighted by molar-refractivity contribution is 7.86. The fraction of sp³-hybridized carbons (Fsp3) is 1.00. The highest BCUT2D eigenvalue weighted by Crippen LogP contribution is 2.36. The average Bonchev–Trinajstić information content (AvgIpc) is 3.21. The normalized spacial score (nSPS) is 30.8. The summed E-state index contributed by atoms with van der Waals surface area (Å²) >= 11 is 0. The summed E-state index contributed by atoms with van der Waals surface area (Å²) in [5.41, 5.74) is 0. The number of hydrogen-bond acceptors (Lipinski definition) is 2. The Kier molecular flexibility index (Phi) is 4.58. The van der Waals surface area contributed by atoms with E-state index in [1.165, 1.54) is 12.8 Å².